The van der Waals surface area contributed by atoms with E-state index in [0.29, 0.717) is 24.3 Å². The van der Waals surface area contributed by atoms with E-state index < -0.39 is 6.09 Å². The number of piperazine rings is 1. The minimum absolute atomic E-state index is 0.202. The van der Waals surface area contributed by atoms with Gasteiger partial charge in [-0.15, -0.1) is 0 Å². The molecule has 198 valence electrons. The van der Waals surface area contributed by atoms with Gasteiger partial charge >= 0.3 is 6.09 Å². The van der Waals surface area contributed by atoms with Gasteiger partial charge in [0, 0.05) is 63.3 Å². The molecule has 0 saturated carbocycles. The number of rotatable bonds is 7. The minimum atomic E-state index is -0.417. The molecule has 0 spiro atoms. The molecule has 1 aromatic carbocycles. The van der Waals surface area contributed by atoms with Gasteiger partial charge in [-0.05, 0) is 61.3 Å². The highest BCUT2D eigenvalue weighted by Crippen LogP contribution is 2.17. The second kappa shape index (κ2) is 12.6. The Kier molecular flexibility index (Phi) is 8.57. The van der Waals surface area contributed by atoms with Crippen LogP contribution in [0.3, 0.4) is 0 Å². The first-order valence-electron chi connectivity index (χ1n) is 13.3. The van der Waals surface area contributed by atoms with Crippen molar-refractivity contribution < 1.29 is 14.3 Å². The zero-order valence-electron chi connectivity index (χ0n) is 21.6. The third-order valence-electron chi connectivity index (χ3n) is 7.02. The fourth-order valence-electron chi connectivity index (χ4n) is 4.85. The topological polar surface area (TPSA) is 90.9 Å². The number of ether oxygens (including phenoxy) is 1. The van der Waals surface area contributed by atoms with Crippen molar-refractivity contribution in [3.05, 3.63) is 83.8 Å². The number of piperidine rings is 1. The first kappa shape index (κ1) is 25.8. The number of carbonyl (C=O) groups is 2. The molecule has 0 radical (unpaired) electrons. The Morgan fingerprint density at radius 3 is 2.21 bits per heavy atom. The molecule has 3 aromatic rings. The summed E-state index contributed by atoms with van der Waals surface area (Å²) < 4.78 is 5.46. The normalized spacial score (nSPS) is 16.7. The van der Waals surface area contributed by atoms with Crippen LogP contribution in [0.4, 0.5) is 10.5 Å². The number of likely N-dealkylation sites (tertiary alicyclic amines) is 1. The summed E-state index contributed by atoms with van der Waals surface area (Å²) in [4.78, 5) is 40.1. The van der Waals surface area contributed by atoms with Crippen LogP contribution in [0.25, 0.3) is 0 Å². The Labute approximate surface area is 223 Å². The molecule has 4 heterocycles. The Balaban J connectivity index is 1.06. The monoisotopic (exact) mass is 514 g/mol. The lowest BCUT2D eigenvalue weighted by Gasteiger charge is -2.33. The zero-order chi connectivity index (χ0) is 26.2. The second-order valence-corrected chi connectivity index (χ2v) is 9.87. The lowest BCUT2D eigenvalue weighted by Crippen LogP contribution is -2.49. The van der Waals surface area contributed by atoms with Crippen LogP contribution in [0, 0.1) is 0 Å². The number of hydrogen-bond acceptors (Lipinski definition) is 7. The first-order valence-corrected chi connectivity index (χ1v) is 13.3. The van der Waals surface area contributed by atoms with Gasteiger partial charge < -0.3 is 15.0 Å². The number of benzene rings is 1. The quantitative estimate of drug-likeness (QED) is 0.509. The highest BCUT2D eigenvalue weighted by atomic mass is 16.6. The third kappa shape index (κ3) is 7.14. The van der Waals surface area contributed by atoms with Gasteiger partial charge in [0.15, 0.2) is 0 Å². The predicted octanol–water partition coefficient (Wildman–Crippen LogP) is 4.03. The summed E-state index contributed by atoms with van der Waals surface area (Å²) in [5.74, 6) is -0.00178. The Morgan fingerprint density at radius 1 is 0.789 bits per heavy atom. The van der Waals surface area contributed by atoms with Crippen molar-refractivity contribution in [1.82, 2.24) is 24.7 Å². The summed E-state index contributed by atoms with van der Waals surface area (Å²) in [5, 5.41) is 2.86. The molecular formula is C29H34N6O3. The van der Waals surface area contributed by atoms with E-state index >= 15 is 0 Å². The summed E-state index contributed by atoms with van der Waals surface area (Å²) in [6.45, 7) is 6.73. The maximum atomic E-state index is 12.7. The number of pyridine rings is 2. The second-order valence-electron chi connectivity index (χ2n) is 9.87. The summed E-state index contributed by atoms with van der Waals surface area (Å²) in [7, 11) is 0. The molecule has 0 bridgehead atoms. The smallest absolute Gasteiger partial charge is 0.391 e. The molecule has 0 unspecified atom stereocenters. The van der Waals surface area contributed by atoms with E-state index in [1.165, 1.54) is 31.0 Å². The van der Waals surface area contributed by atoms with E-state index in [1.807, 2.05) is 36.5 Å². The molecule has 2 fully saturated rings. The van der Waals surface area contributed by atoms with Crippen molar-refractivity contribution in [3.63, 3.8) is 0 Å². The fraction of sp³-hybridized carbons (Fsp3) is 0.379. The van der Waals surface area contributed by atoms with Crippen molar-refractivity contribution in [2.45, 2.75) is 32.4 Å². The third-order valence-corrected chi connectivity index (χ3v) is 7.02. The Morgan fingerprint density at radius 2 is 1.53 bits per heavy atom. The lowest BCUT2D eigenvalue weighted by atomic mass is 10.1. The lowest BCUT2D eigenvalue weighted by molar-refractivity contribution is 0.102. The van der Waals surface area contributed by atoms with Gasteiger partial charge in [0.1, 0.15) is 0 Å². The summed E-state index contributed by atoms with van der Waals surface area (Å²) in [6, 6.07) is 15.0. The van der Waals surface area contributed by atoms with E-state index in [4.69, 9.17) is 4.74 Å². The van der Waals surface area contributed by atoms with Crippen LogP contribution in [0.15, 0.2) is 67.1 Å². The molecule has 2 saturated heterocycles. The summed E-state index contributed by atoms with van der Waals surface area (Å²) in [6.07, 6.45) is 8.55. The van der Waals surface area contributed by atoms with Gasteiger partial charge in [-0.1, -0.05) is 24.6 Å². The molecule has 9 heteroatoms. The van der Waals surface area contributed by atoms with E-state index in [1.54, 1.807) is 23.2 Å². The van der Waals surface area contributed by atoms with Gasteiger partial charge in [-0.2, -0.15) is 0 Å². The number of carbonyl (C=O) groups excluding carboxylic acids is 2. The molecule has 2 aliphatic rings. The molecule has 0 atom stereocenters. The number of nitrogens with one attached hydrogen (secondary N) is 1. The van der Waals surface area contributed by atoms with Gasteiger partial charge in [0.2, 0.25) is 5.88 Å². The van der Waals surface area contributed by atoms with Gasteiger partial charge in [0.25, 0.3) is 5.91 Å². The van der Waals surface area contributed by atoms with Gasteiger partial charge in [-0.3, -0.25) is 19.6 Å². The van der Waals surface area contributed by atoms with Crippen LogP contribution < -0.4 is 10.1 Å². The Hall–Kier alpha value is -3.82. The number of aromatic nitrogens is 2. The molecular weight excluding hydrogens is 480 g/mol. The van der Waals surface area contributed by atoms with Crippen molar-refractivity contribution in [2.24, 2.45) is 0 Å². The molecule has 2 aromatic heterocycles. The summed E-state index contributed by atoms with van der Waals surface area (Å²) >= 11 is 0. The Bertz CT molecular complexity index is 1190. The molecule has 9 nitrogen and oxygen atoms in total. The molecule has 2 aliphatic heterocycles. The van der Waals surface area contributed by atoms with Crippen LogP contribution in [-0.4, -0.2) is 75.9 Å². The number of anilines is 1. The highest BCUT2D eigenvalue weighted by Gasteiger charge is 2.23. The highest BCUT2D eigenvalue weighted by molar-refractivity contribution is 6.04. The average molecular weight is 515 g/mol. The predicted molar refractivity (Wildman–Crippen MR) is 145 cm³/mol. The van der Waals surface area contributed by atoms with Gasteiger partial charge in [-0.25, -0.2) is 9.78 Å². The SMILES string of the molecule is O=C(Nc1ccc(OC(=O)N2CCN(Cc3cccnc3)CC2)nc1)c1ccc(CN2CCCCC2)cc1. The maximum absolute atomic E-state index is 12.7. The van der Waals surface area contributed by atoms with Crippen LogP contribution in [0.1, 0.15) is 40.7 Å². The zero-order valence-corrected chi connectivity index (χ0v) is 21.6. The van der Waals surface area contributed by atoms with E-state index in [-0.39, 0.29) is 11.8 Å². The maximum Gasteiger partial charge on any atom is 0.416 e. The van der Waals surface area contributed by atoms with E-state index in [9.17, 15) is 9.59 Å². The van der Waals surface area contributed by atoms with Gasteiger partial charge in [0.05, 0.1) is 11.9 Å². The van der Waals surface area contributed by atoms with E-state index in [0.717, 1.165) is 44.8 Å². The van der Waals surface area contributed by atoms with Crippen LogP contribution in [0.5, 0.6) is 5.88 Å². The first-order chi connectivity index (χ1) is 18.6. The largest absolute Gasteiger partial charge is 0.416 e. The molecule has 2 amide bonds. The summed E-state index contributed by atoms with van der Waals surface area (Å²) in [5.41, 5.74) is 3.50. The average Bonchev–Trinajstić information content (AvgIpc) is 2.96. The minimum Gasteiger partial charge on any atom is -0.391 e. The molecule has 38 heavy (non-hydrogen) atoms. The standard InChI is InChI=1S/C29H34N6O3/c36-28(25-8-6-23(7-9-25)21-33-13-2-1-3-14-33)32-26-10-11-27(31-20-26)38-29(37)35-17-15-34(16-18-35)22-24-5-4-12-30-19-24/h4-12,19-20H,1-3,13-18,21-22H2,(H,32,36). The van der Waals surface area contributed by atoms with Crippen LogP contribution in [-0.2, 0) is 13.1 Å². The van der Waals surface area contributed by atoms with Crippen LogP contribution >= 0.6 is 0 Å². The number of hydrogen-bond donors (Lipinski definition) is 1. The van der Waals surface area contributed by atoms with Crippen molar-refractivity contribution >= 4 is 17.7 Å². The fourth-order valence-corrected chi connectivity index (χ4v) is 4.85. The van der Waals surface area contributed by atoms with E-state index in [2.05, 4.69) is 31.2 Å². The van der Waals surface area contributed by atoms with Crippen molar-refractivity contribution in [2.75, 3.05) is 44.6 Å². The van der Waals surface area contributed by atoms with Crippen molar-refractivity contribution in [1.29, 1.82) is 0 Å². The number of amides is 2. The molecule has 5 rings (SSSR count). The van der Waals surface area contributed by atoms with Crippen molar-refractivity contribution in [3.8, 4) is 5.88 Å². The van der Waals surface area contributed by atoms with Crippen LogP contribution in [0.2, 0.25) is 0 Å². The number of nitrogens with zero attached hydrogens (tertiary/aromatic N) is 5. The molecule has 0 aliphatic carbocycles. The molecule has 1 N–H and O–H groups in total.